The van der Waals surface area contributed by atoms with Gasteiger partial charge in [0.05, 0.1) is 18.0 Å². The maximum atomic E-state index is 12.4. The van der Waals surface area contributed by atoms with Gasteiger partial charge < -0.3 is 20.6 Å². The fourth-order valence-corrected chi connectivity index (χ4v) is 4.12. The van der Waals surface area contributed by atoms with Crippen LogP contribution in [0, 0.1) is 5.92 Å². The largest absolute Gasteiger partial charge is 0.481 e. The van der Waals surface area contributed by atoms with Crippen molar-refractivity contribution in [2.24, 2.45) is 5.92 Å². The topological polar surface area (TPSA) is 98.7 Å². The molecule has 1 aliphatic heterocycles. The Morgan fingerprint density at radius 1 is 1.11 bits per heavy atom. The molecule has 7 nitrogen and oxygen atoms in total. The molecule has 2 aliphatic rings. The molecule has 0 spiro atoms. The highest BCUT2D eigenvalue weighted by atomic mass is 35.5. The number of carbonyl (C=O) groups excluding carboxylic acids is 2. The normalized spacial score (nSPS) is 28.1. The molecule has 2 unspecified atom stereocenters. The second-order valence-corrected chi connectivity index (χ2v) is 7.75. The van der Waals surface area contributed by atoms with Gasteiger partial charge in [-0.2, -0.15) is 0 Å². The van der Waals surface area contributed by atoms with Crippen molar-refractivity contribution in [2.45, 2.75) is 50.2 Å². The summed E-state index contributed by atoms with van der Waals surface area (Å²) in [5.41, 5.74) is 0.917. The number of amides is 3. The Hall–Kier alpha value is -2.28. The van der Waals surface area contributed by atoms with E-state index in [1.165, 1.54) is 0 Å². The number of urea groups is 1. The summed E-state index contributed by atoms with van der Waals surface area (Å²) in [7, 11) is 1.73. The smallest absolute Gasteiger partial charge is 0.315 e. The SMILES string of the molecule is CN1C(=O)CC(NC(=O)NC2CCC(C(=O)O)CC2)C1c1ccc(Cl)cc1. The van der Waals surface area contributed by atoms with Crippen LogP contribution in [-0.4, -0.2) is 47.0 Å². The molecular formula is C19H24ClN3O4. The molecule has 3 N–H and O–H groups in total. The number of benzene rings is 1. The molecule has 0 bridgehead atoms. The van der Waals surface area contributed by atoms with Gasteiger partial charge in [0.2, 0.25) is 5.91 Å². The molecule has 1 aromatic carbocycles. The van der Waals surface area contributed by atoms with Crippen molar-refractivity contribution in [3.8, 4) is 0 Å². The van der Waals surface area contributed by atoms with E-state index in [0.29, 0.717) is 30.7 Å². The molecule has 2 atom stereocenters. The first-order valence-corrected chi connectivity index (χ1v) is 9.54. The Morgan fingerprint density at radius 3 is 2.33 bits per heavy atom. The Balaban J connectivity index is 1.60. The van der Waals surface area contributed by atoms with Crippen LogP contribution in [0.4, 0.5) is 4.79 Å². The third-order valence-electron chi connectivity index (χ3n) is 5.53. The third kappa shape index (κ3) is 4.53. The lowest BCUT2D eigenvalue weighted by atomic mass is 9.86. The Labute approximate surface area is 163 Å². The first-order chi connectivity index (χ1) is 12.8. The summed E-state index contributed by atoms with van der Waals surface area (Å²) in [5, 5.41) is 15.5. The fourth-order valence-electron chi connectivity index (χ4n) is 3.99. The quantitative estimate of drug-likeness (QED) is 0.732. The predicted molar refractivity (Wildman–Crippen MR) is 100 cm³/mol. The van der Waals surface area contributed by atoms with Crippen molar-refractivity contribution < 1.29 is 19.5 Å². The minimum atomic E-state index is -0.767. The molecule has 146 valence electrons. The molecule has 2 fully saturated rings. The van der Waals surface area contributed by atoms with E-state index >= 15 is 0 Å². The van der Waals surface area contributed by atoms with E-state index in [4.69, 9.17) is 16.7 Å². The maximum absolute atomic E-state index is 12.4. The van der Waals surface area contributed by atoms with E-state index < -0.39 is 5.97 Å². The monoisotopic (exact) mass is 393 g/mol. The van der Waals surface area contributed by atoms with Gasteiger partial charge in [-0.1, -0.05) is 23.7 Å². The van der Waals surface area contributed by atoms with Crippen LogP contribution >= 0.6 is 11.6 Å². The van der Waals surface area contributed by atoms with Crippen LogP contribution in [0.25, 0.3) is 0 Å². The summed E-state index contributed by atoms with van der Waals surface area (Å²) in [5.74, 6) is -1.11. The average Bonchev–Trinajstić information content (AvgIpc) is 2.90. The first-order valence-electron chi connectivity index (χ1n) is 9.16. The van der Waals surface area contributed by atoms with E-state index in [9.17, 15) is 14.4 Å². The summed E-state index contributed by atoms with van der Waals surface area (Å²) in [6.45, 7) is 0. The number of hydrogen-bond acceptors (Lipinski definition) is 3. The Morgan fingerprint density at radius 2 is 1.74 bits per heavy atom. The fraction of sp³-hybridized carbons (Fsp3) is 0.526. The van der Waals surface area contributed by atoms with Gasteiger partial charge >= 0.3 is 12.0 Å². The number of aliphatic carboxylic acids is 1. The number of nitrogens with one attached hydrogen (secondary N) is 2. The van der Waals surface area contributed by atoms with Crippen LogP contribution in [0.2, 0.25) is 5.02 Å². The molecule has 1 aromatic rings. The minimum absolute atomic E-state index is 0.0257. The number of carbonyl (C=O) groups is 3. The molecule has 0 radical (unpaired) electrons. The van der Waals surface area contributed by atoms with Gasteiger partial charge in [0.1, 0.15) is 0 Å². The van der Waals surface area contributed by atoms with E-state index in [1.54, 1.807) is 24.1 Å². The van der Waals surface area contributed by atoms with Gasteiger partial charge in [0.25, 0.3) is 0 Å². The van der Waals surface area contributed by atoms with E-state index in [1.807, 2.05) is 12.1 Å². The van der Waals surface area contributed by atoms with Gasteiger partial charge in [0.15, 0.2) is 0 Å². The second-order valence-electron chi connectivity index (χ2n) is 7.32. The third-order valence-corrected chi connectivity index (χ3v) is 5.78. The molecule has 0 aromatic heterocycles. The van der Waals surface area contributed by atoms with Crippen LogP contribution in [0.3, 0.4) is 0 Å². The van der Waals surface area contributed by atoms with Crippen molar-refractivity contribution in [1.82, 2.24) is 15.5 Å². The molecule has 1 aliphatic carbocycles. The van der Waals surface area contributed by atoms with Crippen LogP contribution in [0.15, 0.2) is 24.3 Å². The number of rotatable bonds is 4. The van der Waals surface area contributed by atoms with Gasteiger partial charge in [-0.25, -0.2) is 4.79 Å². The summed E-state index contributed by atoms with van der Waals surface area (Å²) < 4.78 is 0. The minimum Gasteiger partial charge on any atom is -0.481 e. The lowest BCUT2D eigenvalue weighted by Crippen LogP contribution is -2.48. The lowest BCUT2D eigenvalue weighted by Gasteiger charge is -2.29. The zero-order valence-electron chi connectivity index (χ0n) is 15.2. The second kappa shape index (κ2) is 8.17. The van der Waals surface area contributed by atoms with E-state index in [2.05, 4.69) is 10.6 Å². The molecule has 1 saturated heterocycles. The lowest BCUT2D eigenvalue weighted by molar-refractivity contribution is -0.142. The van der Waals surface area contributed by atoms with Crippen molar-refractivity contribution in [3.05, 3.63) is 34.9 Å². The van der Waals surface area contributed by atoms with Crippen molar-refractivity contribution in [2.75, 3.05) is 7.05 Å². The van der Waals surface area contributed by atoms with Gasteiger partial charge in [0, 0.05) is 24.5 Å². The Bertz CT molecular complexity index is 716. The summed E-state index contributed by atoms with van der Waals surface area (Å²) in [4.78, 5) is 37.3. The number of halogens is 1. The molecule has 8 heteroatoms. The van der Waals surface area contributed by atoms with E-state index in [0.717, 1.165) is 5.56 Å². The van der Waals surface area contributed by atoms with Crippen LogP contribution in [0.5, 0.6) is 0 Å². The molecule has 1 saturated carbocycles. The van der Waals surface area contributed by atoms with E-state index in [-0.39, 0.29) is 42.4 Å². The molecule has 27 heavy (non-hydrogen) atoms. The highest BCUT2D eigenvalue weighted by Crippen LogP contribution is 2.32. The van der Waals surface area contributed by atoms with Crippen molar-refractivity contribution in [1.29, 1.82) is 0 Å². The number of hydrogen-bond donors (Lipinski definition) is 3. The molecular weight excluding hydrogens is 370 g/mol. The molecule has 3 rings (SSSR count). The van der Waals surface area contributed by atoms with Crippen molar-refractivity contribution >= 4 is 29.5 Å². The zero-order chi connectivity index (χ0) is 19.6. The Kier molecular flexibility index (Phi) is 5.89. The number of carboxylic acids is 1. The summed E-state index contributed by atoms with van der Waals surface area (Å²) >= 11 is 5.95. The first kappa shape index (κ1) is 19.5. The van der Waals surface area contributed by atoms with Gasteiger partial charge in [-0.15, -0.1) is 0 Å². The number of likely N-dealkylation sites (N-methyl/N-ethyl adjacent to an activating group) is 1. The maximum Gasteiger partial charge on any atom is 0.315 e. The standard InChI is InChI=1S/C19H24ClN3O4/c1-23-16(24)10-15(17(23)11-2-6-13(20)7-3-11)22-19(27)21-14-8-4-12(5-9-14)18(25)26/h2-3,6-7,12,14-15,17H,4-5,8-10H2,1H3,(H,25,26)(H2,21,22,27). The van der Waals surface area contributed by atoms with Gasteiger partial charge in [-0.05, 0) is 43.4 Å². The zero-order valence-corrected chi connectivity index (χ0v) is 15.9. The number of likely N-dealkylation sites (tertiary alicyclic amines) is 1. The average molecular weight is 394 g/mol. The van der Waals surface area contributed by atoms with Crippen LogP contribution in [-0.2, 0) is 9.59 Å². The summed E-state index contributed by atoms with van der Waals surface area (Å²) in [6, 6.07) is 6.33. The van der Waals surface area contributed by atoms with Gasteiger partial charge in [-0.3, -0.25) is 9.59 Å². The number of carboxylic acid groups (broad SMARTS) is 1. The summed E-state index contributed by atoms with van der Waals surface area (Å²) in [6.07, 6.45) is 2.67. The molecule has 3 amide bonds. The molecule has 1 heterocycles. The highest BCUT2D eigenvalue weighted by molar-refractivity contribution is 6.30. The van der Waals surface area contributed by atoms with Crippen molar-refractivity contribution in [3.63, 3.8) is 0 Å². The highest BCUT2D eigenvalue weighted by Gasteiger charge is 2.39. The van der Waals surface area contributed by atoms with Crippen LogP contribution < -0.4 is 10.6 Å². The predicted octanol–water partition coefficient (Wildman–Crippen LogP) is 2.55. The number of nitrogens with zero attached hydrogens (tertiary/aromatic N) is 1. The van der Waals surface area contributed by atoms with Crippen LogP contribution in [0.1, 0.15) is 43.7 Å².